The Balaban J connectivity index is 2.16. The smallest absolute Gasteiger partial charge is 0.237 e. The van der Waals surface area contributed by atoms with Crippen LogP contribution in [0.5, 0.6) is 0 Å². The van der Waals surface area contributed by atoms with Crippen molar-refractivity contribution in [3.05, 3.63) is 0 Å². The summed E-state index contributed by atoms with van der Waals surface area (Å²) in [6.45, 7) is 2.74. The van der Waals surface area contributed by atoms with Crippen molar-refractivity contribution >= 4 is 16.7 Å². The predicted octanol–water partition coefficient (Wildman–Crippen LogP) is 0.402. The maximum absolute atomic E-state index is 11.7. The Hall–Kier alpha value is -0.420. The fourth-order valence-corrected chi connectivity index (χ4v) is 2.51. The molecule has 1 aliphatic rings. The van der Waals surface area contributed by atoms with Gasteiger partial charge < -0.3 is 10.6 Å². The maximum atomic E-state index is 11.7. The SMILES string of the molecule is CC1CCCC(C(=O)NCCCS(C)=O)N1. The number of rotatable bonds is 5. The van der Waals surface area contributed by atoms with Crippen LogP contribution in [0.15, 0.2) is 0 Å². The Morgan fingerprint density at radius 1 is 1.50 bits per heavy atom. The molecule has 0 aromatic carbocycles. The highest BCUT2D eigenvalue weighted by Crippen LogP contribution is 2.12. The van der Waals surface area contributed by atoms with Gasteiger partial charge in [-0.1, -0.05) is 0 Å². The van der Waals surface area contributed by atoms with Crippen molar-refractivity contribution in [1.29, 1.82) is 0 Å². The van der Waals surface area contributed by atoms with E-state index in [9.17, 15) is 9.00 Å². The van der Waals surface area contributed by atoms with Crippen molar-refractivity contribution in [2.75, 3.05) is 18.6 Å². The molecule has 0 bridgehead atoms. The van der Waals surface area contributed by atoms with E-state index in [-0.39, 0.29) is 11.9 Å². The fourth-order valence-electron chi connectivity index (χ4n) is 1.96. The summed E-state index contributed by atoms with van der Waals surface area (Å²) in [5, 5.41) is 6.19. The van der Waals surface area contributed by atoms with Gasteiger partial charge >= 0.3 is 0 Å². The molecule has 1 fully saturated rings. The Morgan fingerprint density at radius 3 is 2.88 bits per heavy atom. The van der Waals surface area contributed by atoms with E-state index in [1.165, 1.54) is 0 Å². The molecular weight excluding hydrogens is 224 g/mol. The lowest BCUT2D eigenvalue weighted by molar-refractivity contribution is -0.123. The van der Waals surface area contributed by atoms with E-state index in [1.54, 1.807) is 6.26 Å². The van der Waals surface area contributed by atoms with Gasteiger partial charge in [-0.25, -0.2) is 0 Å². The Morgan fingerprint density at radius 2 is 2.25 bits per heavy atom. The molecule has 0 aromatic rings. The van der Waals surface area contributed by atoms with Gasteiger partial charge in [0.15, 0.2) is 0 Å². The standard InChI is InChI=1S/C11H22N2O2S/c1-9-5-3-6-10(13-9)11(14)12-7-4-8-16(2)15/h9-10,13H,3-8H2,1-2H3,(H,12,14). The number of hydrogen-bond acceptors (Lipinski definition) is 3. The lowest BCUT2D eigenvalue weighted by Crippen LogP contribution is -2.50. The normalized spacial score (nSPS) is 27.4. The third kappa shape index (κ3) is 5.07. The zero-order valence-corrected chi connectivity index (χ0v) is 10.9. The zero-order valence-electron chi connectivity index (χ0n) is 10.1. The molecule has 1 saturated heterocycles. The first-order valence-electron chi connectivity index (χ1n) is 5.93. The lowest BCUT2D eigenvalue weighted by atomic mass is 9.99. The minimum Gasteiger partial charge on any atom is -0.355 e. The summed E-state index contributed by atoms with van der Waals surface area (Å²) in [4.78, 5) is 11.7. The lowest BCUT2D eigenvalue weighted by Gasteiger charge is -2.27. The van der Waals surface area contributed by atoms with Crippen molar-refractivity contribution in [2.24, 2.45) is 0 Å². The molecule has 1 aliphatic heterocycles. The van der Waals surface area contributed by atoms with Crippen molar-refractivity contribution in [3.8, 4) is 0 Å². The average Bonchev–Trinajstić information content (AvgIpc) is 2.24. The number of carbonyl (C=O) groups is 1. The minimum absolute atomic E-state index is 0.0316. The molecule has 1 rings (SSSR count). The van der Waals surface area contributed by atoms with Gasteiger partial charge in [0.25, 0.3) is 0 Å². The number of piperidine rings is 1. The van der Waals surface area contributed by atoms with E-state index in [2.05, 4.69) is 17.6 Å². The van der Waals surface area contributed by atoms with Crippen LogP contribution in [-0.4, -0.2) is 40.8 Å². The molecule has 0 saturated carbocycles. The first-order valence-corrected chi connectivity index (χ1v) is 7.66. The van der Waals surface area contributed by atoms with Crippen LogP contribution in [0.25, 0.3) is 0 Å². The average molecular weight is 246 g/mol. The molecule has 0 spiro atoms. The van der Waals surface area contributed by atoms with Crippen LogP contribution in [0.2, 0.25) is 0 Å². The highest BCUT2D eigenvalue weighted by molar-refractivity contribution is 7.84. The van der Waals surface area contributed by atoms with Gasteiger partial charge in [0.05, 0.1) is 6.04 Å². The van der Waals surface area contributed by atoms with Crippen molar-refractivity contribution in [1.82, 2.24) is 10.6 Å². The molecule has 1 heterocycles. The summed E-state index contributed by atoms with van der Waals surface area (Å²) in [6, 6.07) is 0.406. The molecule has 5 heteroatoms. The monoisotopic (exact) mass is 246 g/mol. The van der Waals surface area contributed by atoms with Gasteiger partial charge in [0, 0.05) is 35.4 Å². The number of carbonyl (C=O) groups excluding carboxylic acids is 1. The van der Waals surface area contributed by atoms with Gasteiger partial charge in [-0.05, 0) is 32.6 Å². The molecule has 94 valence electrons. The highest BCUT2D eigenvalue weighted by atomic mass is 32.2. The third-order valence-corrected chi connectivity index (χ3v) is 3.70. The Bertz CT molecular complexity index is 258. The summed E-state index contributed by atoms with van der Waals surface area (Å²) in [7, 11) is -0.758. The molecular formula is C11H22N2O2S. The predicted molar refractivity (Wildman–Crippen MR) is 66.8 cm³/mol. The second-order valence-electron chi connectivity index (χ2n) is 4.47. The molecule has 0 aliphatic carbocycles. The fraction of sp³-hybridized carbons (Fsp3) is 0.909. The van der Waals surface area contributed by atoms with Gasteiger partial charge in [-0.15, -0.1) is 0 Å². The number of amides is 1. The first kappa shape index (κ1) is 13.6. The molecule has 2 N–H and O–H groups in total. The van der Waals surface area contributed by atoms with Crippen LogP contribution in [0, 0.1) is 0 Å². The molecule has 4 nitrogen and oxygen atoms in total. The van der Waals surface area contributed by atoms with E-state index >= 15 is 0 Å². The molecule has 3 atom stereocenters. The van der Waals surface area contributed by atoms with Gasteiger partial charge in [-0.2, -0.15) is 0 Å². The summed E-state index contributed by atoms with van der Waals surface area (Å²) in [5.74, 6) is 0.753. The summed E-state index contributed by atoms with van der Waals surface area (Å²) in [6.07, 6.45) is 5.67. The van der Waals surface area contributed by atoms with Crippen LogP contribution in [0.3, 0.4) is 0 Å². The highest BCUT2D eigenvalue weighted by Gasteiger charge is 2.23. The van der Waals surface area contributed by atoms with E-state index in [0.29, 0.717) is 18.3 Å². The molecule has 0 radical (unpaired) electrons. The second-order valence-corrected chi connectivity index (χ2v) is 6.03. The van der Waals surface area contributed by atoms with Crippen molar-refractivity contribution < 1.29 is 9.00 Å². The number of hydrogen-bond donors (Lipinski definition) is 2. The molecule has 0 aromatic heterocycles. The maximum Gasteiger partial charge on any atom is 0.237 e. The minimum atomic E-state index is -0.758. The van der Waals surface area contributed by atoms with Gasteiger partial charge in [-0.3, -0.25) is 9.00 Å². The number of nitrogens with one attached hydrogen (secondary N) is 2. The quantitative estimate of drug-likeness (QED) is 0.691. The molecule has 3 unspecified atom stereocenters. The van der Waals surface area contributed by atoms with E-state index in [4.69, 9.17) is 0 Å². The largest absolute Gasteiger partial charge is 0.355 e. The second kappa shape index (κ2) is 7.01. The van der Waals surface area contributed by atoms with Gasteiger partial charge in [0.1, 0.15) is 0 Å². The zero-order chi connectivity index (χ0) is 12.0. The van der Waals surface area contributed by atoms with Gasteiger partial charge in [0.2, 0.25) is 5.91 Å². The topological polar surface area (TPSA) is 58.2 Å². The third-order valence-electron chi connectivity index (χ3n) is 2.84. The van der Waals surface area contributed by atoms with E-state index < -0.39 is 10.8 Å². The van der Waals surface area contributed by atoms with E-state index in [0.717, 1.165) is 25.7 Å². The van der Waals surface area contributed by atoms with Crippen molar-refractivity contribution in [3.63, 3.8) is 0 Å². The summed E-state index contributed by atoms with van der Waals surface area (Å²) < 4.78 is 10.8. The van der Waals surface area contributed by atoms with Crippen LogP contribution in [-0.2, 0) is 15.6 Å². The van der Waals surface area contributed by atoms with Crippen LogP contribution < -0.4 is 10.6 Å². The Labute approximate surface area is 100 Å². The van der Waals surface area contributed by atoms with Crippen molar-refractivity contribution in [2.45, 2.75) is 44.7 Å². The van der Waals surface area contributed by atoms with Crippen LogP contribution >= 0.6 is 0 Å². The van der Waals surface area contributed by atoms with Crippen LogP contribution in [0.1, 0.15) is 32.6 Å². The molecule has 1 amide bonds. The Kier molecular flexibility index (Phi) is 5.98. The van der Waals surface area contributed by atoms with E-state index in [1.807, 2.05) is 0 Å². The summed E-state index contributed by atoms with van der Waals surface area (Å²) in [5.41, 5.74) is 0. The van der Waals surface area contributed by atoms with Crippen LogP contribution in [0.4, 0.5) is 0 Å². The molecule has 16 heavy (non-hydrogen) atoms. The summed E-state index contributed by atoms with van der Waals surface area (Å²) >= 11 is 0. The first-order chi connectivity index (χ1) is 7.59.